The van der Waals surface area contributed by atoms with E-state index in [4.69, 9.17) is 4.74 Å². The zero-order chi connectivity index (χ0) is 21.5. The standard InChI is InChI=1S/C25H31N3O2S/c1-30-20-14-12-19(13-15-20)22(28-16-5-2-6-17-28)18-26-24(29)10-7-11-25-27-21-8-3-4-9-23(21)31-25/h3-4,8-9,12-15,22H,2,5-7,10-11,16-18H2,1H3,(H,26,29)/t22-/m0/s1. The largest absolute Gasteiger partial charge is 0.497 e. The van der Waals surface area contributed by atoms with E-state index in [-0.39, 0.29) is 11.9 Å². The number of ether oxygens (including phenoxy) is 1. The van der Waals surface area contributed by atoms with Crippen molar-refractivity contribution in [2.24, 2.45) is 0 Å². The number of fused-ring (bicyclic) bond motifs is 1. The maximum absolute atomic E-state index is 12.6. The van der Waals surface area contributed by atoms with Crippen LogP contribution >= 0.6 is 11.3 Å². The lowest BCUT2D eigenvalue weighted by atomic mass is 10.0. The van der Waals surface area contributed by atoms with Gasteiger partial charge < -0.3 is 10.1 Å². The number of hydrogen-bond donors (Lipinski definition) is 1. The average molecular weight is 438 g/mol. The number of carbonyl (C=O) groups excluding carboxylic acids is 1. The van der Waals surface area contributed by atoms with Gasteiger partial charge in [0.15, 0.2) is 0 Å². The molecular formula is C25H31N3O2S. The molecule has 0 aliphatic carbocycles. The van der Waals surface area contributed by atoms with Crippen molar-refractivity contribution in [1.82, 2.24) is 15.2 Å². The van der Waals surface area contributed by atoms with Crippen molar-refractivity contribution in [1.29, 1.82) is 0 Å². The summed E-state index contributed by atoms with van der Waals surface area (Å²) < 4.78 is 6.52. The molecule has 0 bridgehead atoms. The molecule has 1 saturated heterocycles. The van der Waals surface area contributed by atoms with E-state index < -0.39 is 0 Å². The normalized spacial score (nSPS) is 15.6. The van der Waals surface area contributed by atoms with Crippen molar-refractivity contribution in [2.75, 3.05) is 26.7 Å². The number of rotatable bonds is 9. The van der Waals surface area contributed by atoms with Gasteiger partial charge in [0.25, 0.3) is 0 Å². The highest BCUT2D eigenvalue weighted by atomic mass is 32.1. The first-order valence-corrected chi connectivity index (χ1v) is 12.0. The molecule has 1 N–H and O–H groups in total. The second-order valence-corrected chi connectivity index (χ2v) is 9.23. The molecule has 1 atom stereocenters. The molecule has 2 heterocycles. The summed E-state index contributed by atoms with van der Waals surface area (Å²) in [5, 5.41) is 4.30. The van der Waals surface area contributed by atoms with Gasteiger partial charge in [-0.1, -0.05) is 30.7 Å². The minimum atomic E-state index is 0.122. The molecule has 2 aromatic carbocycles. The van der Waals surface area contributed by atoms with Crippen LogP contribution in [0.5, 0.6) is 5.75 Å². The number of methoxy groups -OCH3 is 1. The van der Waals surface area contributed by atoms with Crippen molar-refractivity contribution in [3.05, 3.63) is 59.1 Å². The van der Waals surface area contributed by atoms with Crippen LogP contribution in [0.25, 0.3) is 10.2 Å². The zero-order valence-electron chi connectivity index (χ0n) is 18.2. The summed E-state index contributed by atoms with van der Waals surface area (Å²) in [5.74, 6) is 0.983. The van der Waals surface area contributed by atoms with E-state index in [1.165, 1.54) is 29.5 Å². The third kappa shape index (κ3) is 5.83. The van der Waals surface area contributed by atoms with Gasteiger partial charge in [-0.25, -0.2) is 4.98 Å². The Hall–Kier alpha value is -2.44. The molecule has 1 aliphatic rings. The molecule has 0 saturated carbocycles. The molecule has 0 radical (unpaired) electrons. The van der Waals surface area contributed by atoms with Gasteiger partial charge in [-0.3, -0.25) is 9.69 Å². The molecule has 1 aromatic heterocycles. The Labute approximate surface area is 188 Å². The van der Waals surface area contributed by atoms with Gasteiger partial charge in [0.2, 0.25) is 5.91 Å². The first-order valence-electron chi connectivity index (χ1n) is 11.2. The quantitative estimate of drug-likeness (QED) is 0.513. The average Bonchev–Trinajstić information content (AvgIpc) is 3.23. The molecule has 31 heavy (non-hydrogen) atoms. The van der Waals surface area contributed by atoms with Gasteiger partial charge in [-0.05, 0) is 68.6 Å². The van der Waals surface area contributed by atoms with Crippen LogP contribution in [-0.4, -0.2) is 42.5 Å². The lowest BCUT2D eigenvalue weighted by Gasteiger charge is -2.35. The van der Waals surface area contributed by atoms with E-state index in [1.54, 1.807) is 18.4 Å². The van der Waals surface area contributed by atoms with E-state index in [0.717, 1.165) is 42.2 Å². The van der Waals surface area contributed by atoms with Gasteiger partial charge in [0.05, 0.1) is 28.4 Å². The van der Waals surface area contributed by atoms with E-state index in [0.29, 0.717) is 13.0 Å². The van der Waals surface area contributed by atoms with Crippen molar-refractivity contribution in [3.63, 3.8) is 0 Å². The molecule has 4 rings (SSSR count). The number of carbonyl (C=O) groups is 1. The second kappa shape index (κ2) is 10.7. The van der Waals surface area contributed by atoms with Crippen LogP contribution in [0.3, 0.4) is 0 Å². The summed E-state index contributed by atoms with van der Waals surface area (Å²) in [6.45, 7) is 2.82. The maximum Gasteiger partial charge on any atom is 0.220 e. The fourth-order valence-corrected chi connectivity index (χ4v) is 5.25. The lowest BCUT2D eigenvalue weighted by Crippen LogP contribution is -2.40. The SMILES string of the molecule is COc1ccc([C@H](CNC(=O)CCCc2nc3ccccc3s2)N2CCCCC2)cc1. The number of piperidine rings is 1. The summed E-state index contributed by atoms with van der Waals surface area (Å²) in [6, 6.07) is 16.7. The number of amides is 1. The number of nitrogens with zero attached hydrogens (tertiary/aromatic N) is 2. The summed E-state index contributed by atoms with van der Waals surface area (Å²) in [7, 11) is 1.69. The molecule has 0 spiro atoms. The predicted molar refractivity (Wildman–Crippen MR) is 127 cm³/mol. The van der Waals surface area contributed by atoms with E-state index in [2.05, 4.69) is 33.4 Å². The van der Waals surface area contributed by atoms with Crippen LogP contribution < -0.4 is 10.1 Å². The number of likely N-dealkylation sites (tertiary alicyclic amines) is 1. The fraction of sp³-hybridized carbons (Fsp3) is 0.440. The summed E-state index contributed by atoms with van der Waals surface area (Å²) in [4.78, 5) is 19.7. The lowest BCUT2D eigenvalue weighted by molar-refractivity contribution is -0.121. The zero-order valence-corrected chi connectivity index (χ0v) is 19.0. The van der Waals surface area contributed by atoms with Crippen LogP contribution in [0.2, 0.25) is 0 Å². The first-order chi connectivity index (χ1) is 15.2. The summed E-state index contributed by atoms with van der Waals surface area (Å²) >= 11 is 1.73. The van der Waals surface area contributed by atoms with Crippen LogP contribution in [0.1, 0.15) is 48.7 Å². The molecule has 6 heteroatoms. The third-order valence-electron chi connectivity index (χ3n) is 5.96. The van der Waals surface area contributed by atoms with Crippen LogP contribution in [0.15, 0.2) is 48.5 Å². The van der Waals surface area contributed by atoms with Crippen molar-refractivity contribution >= 4 is 27.5 Å². The van der Waals surface area contributed by atoms with Crippen molar-refractivity contribution in [2.45, 2.75) is 44.6 Å². The number of thiazole rings is 1. The Morgan fingerprint density at radius 3 is 2.65 bits per heavy atom. The Morgan fingerprint density at radius 2 is 1.90 bits per heavy atom. The fourth-order valence-electron chi connectivity index (χ4n) is 4.24. The molecule has 1 fully saturated rings. The van der Waals surface area contributed by atoms with Gasteiger partial charge in [0.1, 0.15) is 5.75 Å². The molecule has 1 amide bonds. The molecule has 5 nitrogen and oxygen atoms in total. The van der Waals surface area contributed by atoms with Gasteiger partial charge in [-0.2, -0.15) is 0 Å². The van der Waals surface area contributed by atoms with Gasteiger partial charge in [0, 0.05) is 13.0 Å². The Morgan fingerprint density at radius 1 is 1.13 bits per heavy atom. The third-order valence-corrected chi connectivity index (χ3v) is 7.05. The minimum absolute atomic E-state index is 0.122. The van der Waals surface area contributed by atoms with Crippen LogP contribution in [0.4, 0.5) is 0 Å². The monoisotopic (exact) mass is 437 g/mol. The second-order valence-electron chi connectivity index (χ2n) is 8.12. The minimum Gasteiger partial charge on any atom is -0.497 e. The molecule has 3 aromatic rings. The summed E-state index contributed by atoms with van der Waals surface area (Å²) in [6.07, 6.45) is 5.95. The van der Waals surface area contributed by atoms with Gasteiger partial charge >= 0.3 is 0 Å². The number of benzene rings is 2. The highest BCUT2D eigenvalue weighted by Gasteiger charge is 2.23. The first kappa shape index (κ1) is 21.8. The Kier molecular flexibility index (Phi) is 7.54. The number of aromatic nitrogens is 1. The molecule has 164 valence electrons. The number of hydrogen-bond acceptors (Lipinski definition) is 5. The van der Waals surface area contributed by atoms with Gasteiger partial charge in [-0.15, -0.1) is 11.3 Å². The van der Waals surface area contributed by atoms with Crippen LogP contribution in [0, 0.1) is 0 Å². The molecule has 1 aliphatic heterocycles. The number of aryl methyl sites for hydroxylation is 1. The topological polar surface area (TPSA) is 54.5 Å². The molecular weight excluding hydrogens is 406 g/mol. The van der Waals surface area contributed by atoms with Crippen molar-refractivity contribution in [3.8, 4) is 5.75 Å². The number of para-hydroxylation sites is 1. The smallest absolute Gasteiger partial charge is 0.220 e. The van der Waals surface area contributed by atoms with E-state index in [9.17, 15) is 4.79 Å². The highest BCUT2D eigenvalue weighted by molar-refractivity contribution is 7.18. The summed E-state index contributed by atoms with van der Waals surface area (Å²) in [5.41, 5.74) is 2.29. The maximum atomic E-state index is 12.6. The van der Waals surface area contributed by atoms with Crippen molar-refractivity contribution < 1.29 is 9.53 Å². The van der Waals surface area contributed by atoms with E-state index >= 15 is 0 Å². The van der Waals surface area contributed by atoms with Crippen LogP contribution in [-0.2, 0) is 11.2 Å². The predicted octanol–water partition coefficient (Wildman–Crippen LogP) is 4.97. The highest BCUT2D eigenvalue weighted by Crippen LogP contribution is 2.26. The number of nitrogens with one attached hydrogen (secondary N) is 1. The molecule has 0 unspecified atom stereocenters. The Balaban J connectivity index is 1.30. The Bertz CT molecular complexity index is 947. The van der Waals surface area contributed by atoms with E-state index in [1.807, 2.05) is 30.3 Å².